The minimum Gasteiger partial charge on any atom is -0.341 e. The standard InChI is InChI=1S/C17H18N2O3/c1-13-6-8-14(9-7-13)11-17(20)18(2)12-15-4-3-5-16(10-15)19(21)22/h3-10H,11-12H2,1-2H3. The molecule has 0 saturated carbocycles. The quantitative estimate of drug-likeness (QED) is 0.629. The van der Waals surface area contributed by atoms with E-state index >= 15 is 0 Å². The Balaban J connectivity index is 2.00. The fourth-order valence-electron chi connectivity index (χ4n) is 2.15. The molecule has 0 bridgehead atoms. The van der Waals surface area contributed by atoms with E-state index in [1.807, 2.05) is 31.2 Å². The van der Waals surface area contributed by atoms with Gasteiger partial charge in [-0.05, 0) is 18.1 Å². The maximum atomic E-state index is 12.2. The lowest BCUT2D eigenvalue weighted by Crippen LogP contribution is -2.27. The smallest absolute Gasteiger partial charge is 0.269 e. The van der Waals surface area contributed by atoms with Crippen LogP contribution in [0.2, 0.25) is 0 Å². The topological polar surface area (TPSA) is 63.5 Å². The molecule has 0 aliphatic carbocycles. The van der Waals surface area contributed by atoms with Crippen LogP contribution in [0.4, 0.5) is 5.69 Å². The number of carbonyl (C=O) groups is 1. The number of hydrogen-bond donors (Lipinski definition) is 0. The van der Waals surface area contributed by atoms with E-state index in [1.165, 1.54) is 12.1 Å². The Kier molecular flexibility index (Phi) is 4.88. The highest BCUT2D eigenvalue weighted by Crippen LogP contribution is 2.15. The molecule has 0 aliphatic heterocycles. The molecule has 0 unspecified atom stereocenters. The summed E-state index contributed by atoms with van der Waals surface area (Å²) in [5.41, 5.74) is 2.90. The lowest BCUT2D eigenvalue weighted by molar-refractivity contribution is -0.384. The summed E-state index contributed by atoms with van der Waals surface area (Å²) in [6.07, 6.45) is 0.325. The van der Waals surface area contributed by atoms with E-state index in [0.29, 0.717) is 13.0 Å². The first-order valence-corrected chi connectivity index (χ1v) is 6.98. The Hall–Kier alpha value is -2.69. The van der Waals surface area contributed by atoms with Gasteiger partial charge in [0.15, 0.2) is 0 Å². The number of carbonyl (C=O) groups excluding carboxylic acids is 1. The molecule has 0 aliphatic rings. The van der Waals surface area contributed by atoms with E-state index in [4.69, 9.17) is 0 Å². The normalized spacial score (nSPS) is 10.3. The number of amides is 1. The molecule has 0 fully saturated rings. The molecule has 0 aromatic heterocycles. The molecule has 0 atom stereocenters. The van der Waals surface area contributed by atoms with Crippen molar-refractivity contribution in [1.82, 2.24) is 4.90 Å². The average Bonchev–Trinajstić information content (AvgIpc) is 2.49. The number of hydrogen-bond acceptors (Lipinski definition) is 3. The molecular formula is C17H18N2O3. The Bertz CT molecular complexity index is 681. The summed E-state index contributed by atoms with van der Waals surface area (Å²) in [6, 6.07) is 14.2. The molecule has 5 nitrogen and oxygen atoms in total. The second-order valence-electron chi connectivity index (χ2n) is 5.34. The molecule has 1 amide bonds. The summed E-state index contributed by atoms with van der Waals surface area (Å²) < 4.78 is 0. The zero-order valence-electron chi connectivity index (χ0n) is 12.7. The van der Waals surface area contributed by atoms with Crippen LogP contribution in [0.5, 0.6) is 0 Å². The molecule has 2 aromatic rings. The third-order valence-electron chi connectivity index (χ3n) is 3.44. The Morgan fingerprint density at radius 3 is 2.45 bits per heavy atom. The zero-order valence-corrected chi connectivity index (χ0v) is 12.7. The van der Waals surface area contributed by atoms with Crippen LogP contribution in [-0.2, 0) is 17.8 Å². The largest absolute Gasteiger partial charge is 0.341 e. The van der Waals surface area contributed by atoms with Crippen LogP contribution in [0.3, 0.4) is 0 Å². The van der Waals surface area contributed by atoms with Crippen molar-refractivity contribution in [3.8, 4) is 0 Å². The summed E-state index contributed by atoms with van der Waals surface area (Å²) in [5.74, 6) is -0.0182. The van der Waals surface area contributed by atoms with Crippen LogP contribution >= 0.6 is 0 Å². The number of nitro benzene ring substituents is 1. The van der Waals surface area contributed by atoms with E-state index in [2.05, 4.69) is 0 Å². The summed E-state index contributed by atoms with van der Waals surface area (Å²) in [4.78, 5) is 24.1. The van der Waals surface area contributed by atoms with Gasteiger partial charge in [-0.2, -0.15) is 0 Å². The minimum atomic E-state index is -0.433. The van der Waals surface area contributed by atoms with Gasteiger partial charge in [-0.25, -0.2) is 0 Å². The number of nitro groups is 1. The molecule has 2 rings (SSSR count). The second-order valence-corrected chi connectivity index (χ2v) is 5.34. The van der Waals surface area contributed by atoms with Gasteiger partial charge in [0.05, 0.1) is 11.3 Å². The fraction of sp³-hybridized carbons (Fsp3) is 0.235. The van der Waals surface area contributed by atoms with Gasteiger partial charge in [0.25, 0.3) is 5.69 Å². The van der Waals surface area contributed by atoms with Gasteiger partial charge < -0.3 is 4.90 Å². The van der Waals surface area contributed by atoms with E-state index in [-0.39, 0.29) is 11.6 Å². The second kappa shape index (κ2) is 6.85. The number of nitrogens with zero attached hydrogens (tertiary/aromatic N) is 2. The summed E-state index contributed by atoms with van der Waals surface area (Å²) in [7, 11) is 1.70. The number of rotatable bonds is 5. The maximum Gasteiger partial charge on any atom is 0.269 e. The minimum absolute atomic E-state index is 0.0182. The lowest BCUT2D eigenvalue weighted by atomic mass is 10.1. The monoisotopic (exact) mass is 298 g/mol. The lowest BCUT2D eigenvalue weighted by Gasteiger charge is -2.17. The van der Waals surface area contributed by atoms with Crippen molar-refractivity contribution in [2.45, 2.75) is 19.9 Å². The van der Waals surface area contributed by atoms with E-state index < -0.39 is 4.92 Å². The van der Waals surface area contributed by atoms with Crippen molar-refractivity contribution in [3.63, 3.8) is 0 Å². The molecule has 5 heteroatoms. The Morgan fingerprint density at radius 2 is 1.82 bits per heavy atom. The molecule has 22 heavy (non-hydrogen) atoms. The zero-order chi connectivity index (χ0) is 16.1. The number of non-ortho nitro benzene ring substituents is 1. The third kappa shape index (κ3) is 4.15. The first kappa shape index (κ1) is 15.7. The Labute approximate surface area is 129 Å². The van der Waals surface area contributed by atoms with Gasteiger partial charge >= 0.3 is 0 Å². The number of aryl methyl sites for hydroxylation is 1. The molecule has 0 radical (unpaired) electrons. The summed E-state index contributed by atoms with van der Waals surface area (Å²) in [6.45, 7) is 2.35. The summed E-state index contributed by atoms with van der Waals surface area (Å²) in [5, 5.41) is 10.8. The van der Waals surface area contributed by atoms with Crippen molar-refractivity contribution in [3.05, 3.63) is 75.3 Å². The molecule has 114 valence electrons. The fourth-order valence-corrected chi connectivity index (χ4v) is 2.15. The maximum absolute atomic E-state index is 12.2. The molecule has 0 N–H and O–H groups in total. The molecule has 0 spiro atoms. The Morgan fingerprint density at radius 1 is 1.14 bits per heavy atom. The SMILES string of the molecule is Cc1ccc(CC(=O)N(C)Cc2cccc([N+](=O)[O-])c2)cc1. The first-order chi connectivity index (χ1) is 10.5. The van der Waals surface area contributed by atoms with E-state index in [0.717, 1.165) is 16.7 Å². The van der Waals surface area contributed by atoms with Crippen molar-refractivity contribution in [1.29, 1.82) is 0 Å². The van der Waals surface area contributed by atoms with Crippen molar-refractivity contribution < 1.29 is 9.72 Å². The highest BCUT2D eigenvalue weighted by atomic mass is 16.6. The summed E-state index contributed by atoms with van der Waals surface area (Å²) >= 11 is 0. The van der Waals surface area contributed by atoms with Gasteiger partial charge in [0.1, 0.15) is 0 Å². The predicted molar refractivity (Wildman–Crippen MR) is 84.5 cm³/mol. The van der Waals surface area contributed by atoms with Crippen LogP contribution in [0.15, 0.2) is 48.5 Å². The predicted octanol–water partition coefficient (Wildman–Crippen LogP) is 3.10. The van der Waals surface area contributed by atoms with Gasteiger partial charge in [-0.15, -0.1) is 0 Å². The van der Waals surface area contributed by atoms with Crippen LogP contribution in [0.25, 0.3) is 0 Å². The van der Waals surface area contributed by atoms with Gasteiger partial charge in [-0.3, -0.25) is 14.9 Å². The number of likely N-dealkylation sites (N-methyl/N-ethyl adjacent to an activating group) is 1. The van der Waals surface area contributed by atoms with Crippen molar-refractivity contribution in [2.75, 3.05) is 7.05 Å². The van der Waals surface area contributed by atoms with Crippen molar-refractivity contribution >= 4 is 11.6 Å². The van der Waals surface area contributed by atoms with Gasteiger partial charge in [0.2, 0.25) is 5.91 Å². The van der Waals surface area contributed by atoms with Crippen LogP contribution in [-0.4, -0.2) is 22.8 Å². The van der Waals surface area contributed by atoms with Gasteiger partial charge in [0, 0.05) is 25.7 Å². The highest BCUT2D eigenvalue weighted by molar-refractivity contribution is 5.78. The van der Waals surface area contributed by atoms with Crippen LogP contribution < -0.4 is 0 Å². The van der Waals surface area contributed by atoms with Crippen molar-refractivity contribution in [2.24, 2.45) is 0 Å². The molecule has 2 aromatic carbocycles. The molecule has 0 saturated heterocycles. The molecular weight excluding hydrogens is 280 g/mol. The highest BCUT2D eigenvalue weighted by Gasteiger charge is 2.12. The number of benzene rings is 2. The molecule has 0 heterocycles. The van der Waals surface area contributed by atoms with Crippen LogP contribution in [0, 0.1) is 17.0 Å². The van der Waals surface area contributed by atoms with E-state index in [1.54, 1.807) is 24.1 Å². The average molecular weight is 298 g/mol. The van der Waals surface area contributed by atoms with Crippen LogP contribution in [0.1, 0.15) is 16.7 Å². The van der Waals surface area contributed by atoms with Gasteiger partial charge in [-0.1, -0.05) is 42.0 Å². The first-order valence-electron chi connectivity index (χ1n) is 6.98. The third-order valence-corrected chi connectivity index (χ3v) is 3.44. The van der Waals surface area contributed by atoms with E-state index in [9.17, 15) is 14.9 Å².